The van der Waals surface area contributed by atoms with E-state index in [1.165, 1.54) is 6.07 Å². The van der Waals surface area contributed by atoms with Crippen LogP contribution in [0.1, 0.15) is 10.4 Å². The number of imide groups is 1. The summed E-state index contributed by atoms with van der Waals surface area (Å²) in [6.07, 6.45) is 0. The maximum absolute atomic E-state index is 12.8. The van der Waals surface area contributed by atoms with Gasteiger partial charge in [0.05, 0.1) is 11.3 Å². The second-order valence-corrected chi connectivity index (χ2v) is 8.72. The number of benzene rings is 3. The quantitative estimate of drug-likeness (QED) is 0.185. The van der Waals surface area contributed by atoms with E-state index in [9.17, 15) is 14.4 Å². The number of nitrogens with one attached hydrogen (secondary N) is 1. The molecule has 1 aliphatic rings. The van der Waals surface area contributed by atoms with Crippen molar-refractivity contribution >= 4 is 75.0 Å². The van der Waals surface area contributed by atoms with Crippen LogP contribution < -0.4 is 15.0 Å². The van der Waals surface area contributed by atoms with E-state index < -0.39 is 17.8 Å². The fourth-order valence-electron chi connectivity index (χ4n) is 2.96. The number of anilines is 2. The van der Waals surface area contributed by atoms with Crippen molar-refractivity contribution in [2.24, 2.45) is 0 Å². The van der Waals surface area contributed by atoms with Crippen molar-refractivity contribution in [2.45, 2.75) is 0 Å². The average molecular weight is 579 g/mol. The van der Waals surface area contributed by atoms with Gasteiger partial charge in [-0.1, -0.05) is 29.3 Å². The molecule has 0 spiro atoms. The Bertz CT molecular complexity index is 1260. The molecule has 0 bridgehead atoms. The summed E-state index contributed by atoms with van der Waals surface area (Å²) >= 11 is 14.3. The maximum atomic E-state index is 12.8. The van der Waals surface area contributed by atoms with Gasteiger partial charge in [0.25, 0.3) is 11.8 Å². The normalized spacial score (nSPS) is 13.5. The van der Waals surface area contributed by atoms with E-state index in [1.54, 1.807) is 54.6 Å². The first kappa shape index (κ1) is 22.3. The summed E-state index contributed by atoms with van der Waals surface area (Å²) in [6, 6.07) is 19.7. The van der Waals surface area contributed by atoms with Crippen LogP contribution in [-0.4, -0.2) is 17.8 Å². The van der Waals surface area contributed by atoms with Crippen LogP contribution in [0.3, 0.4) is 0 Å². The second-order valence-electron chi connectivity index (χ2n) is 6.66. The first-order valence-electron chi connectivity index (χ1n) is 9.22. The number of amides is 2. The first-order valence-corrected chi connectivity index (χ1v) is 11.1. The highest BCUT2D eigenvalue weighted by Crippen LogP contribution is 2.31. The van der Waals surface area contributed by atoms with E-state index >= 15 is 0 Å². The van der Waals surface area contributed by atoms with Crippen LogP contribution in [0.4, 0.5) is 11.4 Å². The number of carbonyl (C=O) groups is 3. The zero-order chi connectivity index (χ0) is 22.8. The standard InChI is InChI=1S/C23H13Cl2IN2O4/c24-14-2-1-3-17(12-14)28-21(29)19(25)20(22(28)30)27-16-8-4-13(5-9-16)23(31)32-18-10-6-15(26)7-11-18/h1-12,27H. The molecule has 0 atom stereocenters. The Labute approximate surface area is 206 Å². The highest BCUT2D eigenvalue weighted by molar-refractivity contribution is 14.1. The molecule has 1 N–H and O–H groups in total. The first-order chi connectivity index (χ1) is 15.3. The summed E-state index contributed by atoms with van der Waals surface area (Å²) in [6.45, 7) is 0. The molecule has 0 aliphatic carbocycles. The molecule has 0 fully saturated rings. The van der Waals surface area contributed by atoms with Gasteiger partial charge < -0.3 is 10.1 Å². The van der Waals surface area contributed by atoms with Gasteiger partial charge in [-0.3, -0.25) is 9.59 Å². The molecule has 32 heavy (non-hydrogen) atoms. The fourth-order valence-corrected chi connectivity index (χ4v) is 3.72. The van der Waals surface area contributed by atoms with Crippen molar-refractivity contribution in [1.29, 1.82) is 0 Å². The molecule has 160 valence electrons. The van der Waals surface area contributed by atoms with E-state index in [0.29, 0.717) is 27.7 Å². The molecule has 0 unspecified atom stereocenters. The third-order valence-electron chi connectivity index (χ3n) is 4.51. The van der Waals surface area contributed by atoms with Crippen molar-refractivity contribution in [3.05, 3.63) is 97.7 Å². The molecule has 1 aliphatic heterocycles. The summed E-state index contributed by atoms with van der Waals surface area (Å²) in [4.78, 5) is 38.6. The molecule has 1 heterocycles. The van der Waals surface area contributed by atoms with Gasteiger partial charge in [-0.05, 0) is 89.3 Å². The van der Waals surface area contributed by atoms with Gasteiger partial charge in [-0.2, -0.15) is 0 Å². The Kier molecular flexibility index (Phi) is 6.50. The predicted molar refractivity (Wildman–Crippen MR) is 131 cm³/mol. The largest absolute Gasteiger partial charge is 0.423 e. The fraction of sp³-hybridized carbons (Fsp3) is 0. The predicted octanol–water partition coefficient (Wildman–Crippen LogP) is 5.60. The zero-order valence-corrected chi connectivity index (χ0v) is 19.8. The number of hydrogen-bond donors (Lipinski definition) is 1. The lowest BCUT2D eigenvalue weighted by Gasteiger charge is -2.15. The van der Waals surface area contributed by atoms with E-state index in [4.69, 9.17) is 27.9 Å². The lowest BCUT2D eigenvalue weighted by atomic mass is 10.2. The number of rotatable bonds is 5. The Hall–Kier alpha value is -2.88. The van der Waals surface area contributed by atoms with Crippen LogP contribution in [0.15, 0.2) is 83.5 Å². The molecule has 2 amide bonds. The third-order valence-corrected chi connectivity index (χ3v) is 5.81. The van der Waals surface area contributed by atoms with Gasteiger partial charge in [0, 0.05) is 14.3 Å². The summed E-state index contributed by atoms with van der Waals surface area (Å²) in [7, 11) is 0. The van der Waals surface area contributed by atoms with E-state index in [2.05, 4.69) is 27.9 Å². The molecule has 3 aromatic rings. The zero-order valence-electron chi connectivity index (χ0n) is 16.1. The Morgan fingerprint density at radius 2 is 1.59 bits per heavy atom. The summed E-state index contributed by atoms with van der Waals surface area (Å²) < 4.78 is 6.37. The molecule has 6 nitrogen and oxygen atoms in total. The van der Waals surface area contributed by atoms with Gasteiger partial charge in [-0.25, -0.2) is 9.69 Å². The van der Waals surface area contributed by atoms with Gasteiger partial charge in [0.1, 0.15) is 16.5 Å². The van der Waals surface area contributed by atoms with Gasteiger partial charge in [0.2, 0.25) is 0 Å². The lowest BCUT2D eigenvalue weighted by Crippen LogP contribution is -2.32. The molecule has 4 rings (SSSR count). The molecule has 0 radical (unpaired) electrons. The number of hydrogen-bond acceptors (Lipinski definition) is 5. The molecule has 0 saturated carbocycles. The van der Waals surface area contributed by atoms with Crippen molar-refractivity contribution in [1.82, 2.24) is 0 Å². The van der Waals surface area contributed by atoms with Crippen LogP contribution in [0.2, 0.25) is 5.02 Å². The SMILES string of the molecule is O=C(Oc1ccc(I)cc1)c1ccc(NC2=C(Cl)C(=O)N(c3cccc(Cl)c3)C2=O)cc1. The number of nitrogens with zero attached hydrogens (tertiary/aromatic N) is 1. The molecule has 0 aromatic heterocycles. The minimum Gasteiger partial charge on any atom is -0.423 e. The number of ether oxygens (including phenoxy) is 1. The number of halogens is 3. The maximum Gasteiger partial charge on any atom is 0.343 e. The van der Waals surface area contributed by atoms with Crippen LogP contribution in [0.25, 0.3) is 0 Å². The number of esters is 1. The average Bonchev–Trinajstić information content (AvgIpc) is 2.99. The molecule has 0 saturated heterocycles. The summed E-state index contributed by atoms with van der Waals surface area (Å²) in [5.41, 5.74) is 1.05. The minimum absolute atomic E-state index is 0.0640. The summed E-state index contributed by atoms with van der Waals surface area (Å²) in [5, 5.41) is 3.00. The summed E-state index contributed by atoms with van der Waals surface area (Å²) in [5.74, 6) is -1.34. The van der Waals surface area contributed by atoms with Crippen molar-refractivity contribution in [3.63, 3.8) is 0 Å². The van der Waals surface area contributed by atoms with Crippen LogP contribution in [-0.2, 0) is 9.59 Å². The molecule has 9 heteroatoms. The lowest BCUT2D eigenvalue weighted by molar-refractivity contribution is -0.120. The van der Waals surface area contributed by atoms with E-state index in [0.717, 1.165) is 8.47 Å². The topological polar surface area (TPSA) is 75.7 Å². The van der Waals surface area contributed by atoms with Crippen molar-refractivity contribution < 1.29 is 19.1 Å². The monoisotopic (exact) mass is 578 g/mol. The van der Waals surface area contributed by atoms with Crippen LogP contribution in [0.5, 0.6) is 5.75 Å². The Morgan fingerprint density at radius 1 is 0.906 bits per heavy atom. The van der Waals surface area contributed by atoms with Gasteiger partial charge in [0.15, 0.2) is 0 Å². The smallest absolute Gasteiger partial charge is 0.343 e. The number of carbonyl (C=O) groups excluding carboxylic acids is 3. The van der Waals surface area contributed by atoms with Gasteiger partial charge in [-0.15, -0.1) is 0 Å². The molecule has 3 aromatic carbocycles. The van der Waals surface area contributed by atoms with Gasteiger partial charge >= 0.3 is 5.97 Å². The minimum atomic E-state index is -0.654. The van der Waals surface area contributed by atoms with Crippen molar-refractivity contribution in [2.75, 3.05) is 10.2 Å². The van der Waals surface area contributed by atoms with Crippen LogP contribution in [0, 0.1) is 3.57 Å². The van der Waals surface area contributed by atoms with Crippen molar-refractivity contribution in [3.8, 4) is 5.75 Å². The van der Waals surface area contributed by atoms with E-state index in [-0.39, 0.29) is 10.7 Å². The Balaban J connectivity index is 1.48. The third kappa shape index (κ3) is 4.64. The highest BCUT2D eigenvalue weighted by Gasteiger charge is 2.39. The molecular formula is C23H13Cl2IN2O4. The van der Waals surface area contributed by atoms with E-state index in [1.807, 2.05) is 12.1 Å². The molecular weight excluding hydrogens is 566 g/mol. The Morgan fingerprint density at radius 3 is 2.25 bits per heavy atom. The van der Waals surface area contributed by atoms with Crippen LogP contribution >= 0.6 is 45.8 Å². The second kappa shape index (κ2) is 9.32. The highest BCUT2D eigenvalue weighted by atomic mass is 127.